The van der Waals surface area contributed by atoms with E-state index in [1.165, 1.54) is 12.8 Å². The lowest BCUT2D eigenvalue weighted by Gasteiger charge is -2.31. The summed E-state index contributed by atoms with van der Waals surface area (Å²) in [6, 6.07) is 3.36. The monoisotopic (exact) mass is 578 g/mol. The molecule has 2 fully saturated rings. The van der Waals surface area contributed by atoms with E-state index >= 15 is 0 Å². The summed E-state index contributed by atoms with van der Waals surface area (Å²) in [6.07, 6.45) is 9.67. The number of anilines is 1. The zero-order valence-corrected chi connectivity index (χ0v) is 24.4. The number of nitrogens with zero attached hydrogens (tertiary/aromatic N) is 7. The smallest absolute Gasteiger partial charge is 0.344 e. The lowest BCUT2D eigenvalue weighted by Crippen LogP contribution is -2.45. The molecule has 1 atom stereocenters. The van der Waals surface area contributed by atoms with Crippen LogP contribution in [0, 0.1) is 11.8 Å². The van der Waals surface area contributed by atoms with E-state index in [-0.39, 0.29) is 17.8 Å². The normalized spacial score (nSPS) is 21.1. The highest BCUT2D eigenvalue weighted by molar-refractivity contribution is 6.30. The van der Waals surface area contributed by atoms with Gasteiger partial charge in [-0.3, -0.25) is 19.3 Å². The summed E-state index contributed by atoms with van der Waals surface area (Å²) < 4.78 is 7.03. The van der Waals surface area contributed by atoms with Gasteiger partial charge in [-0.25, -0.2) is 14.8 Å². The summed E-state index contributed by atoms with van der Waals surface area (Å²) in [5, 5.41) is 4.36. The lowest BCUT2D eigenvalue weighted by atomic mass is 9.83. The molecule has 0 aromatic carbocycles. The Hall–Kier alpha value is -3.73. The molecule has 41 heavy (non-hydrogen) atoms. The number of carbonyl (C=O) groups excluding carboxylic acids is 1. The van der Waals surface area contributed by atoms with Crippen molar-refractivity contribution in [3.05, 3.63) is 40.1 Å². The van der Waals surface area contributed by atoms with Crippen molar-refractivity contribution in [2.75, 3.05) is 25.0 Å². The molecular weight excluding hydrogens is 544 g/mol. The number of carbonyl (C=O) groups is 1. The van der Waals surface area contributed by atoms with E-state index in [1.807, 2.05) is 26.1 Å². The number of pyridine rings is 2. The van der Waals surface area contributed by atoms with Crippen molar-refractivity contribution >= 4 is 34.5 Å². The standard InChI is InChI=1S/C29H35ClN8O3/c1-4-36(3)27(39)23-6-5-11-37(23)28-33-21-13-22(26-34-29(40)41-35-26)32-24(19-12-20(30)15-31-14-19)25(21)38(28)16-18-9-7-17(2)8-10-18/h12-15,17-18,23H,4-11,16H2,1-3H3,(H,34,35,40)/t17?,18?,23-/m0/s1. The fourth-order valence-corrected chi connectivity index (χ4v) is 6.36. The third-order valence-corrected chi connectivity index (χ3v) is 8.79. The molecule has 2 aliphatic rings. The fourth-order valence-electron chi connectivity index (χ4n) is 6.18. The Balaban J connectivity index is 1.56. The van der Waals surface area contributed by atoms with Gasteiger partial charge in [0, 0.05) is 44.6 Å². The van der Waals surface area contributed by atoms with Gasteiger partial charge in [0.1, 0.15) is 11.7 Å². The number of nitrogens with one attached hydrogen (secondary N) is 1. The predicted octanol–water partition coefficient (Wildman–Crippen LogP) is 4.76. The minimum atomic E-state index is -0.663. The molecule has 12 heteroatoms. The summed E-state index contributed by atoms with van der Waals surface area (Å²) in [6.45, 7) is 6.47. The molecule has 0 radical (unpaired) electrons. The molecule has 216 valence electrons. The maximum atomic E-state index is 13.4. The van der Waals surface area contributed by atoms with E-state index < -0.39 is 5.76 Å². The molecular formula is C29H35ClN8O3. The first-order valence-corrected chi connectivity index (χ1v) is 14.8. The van der Waals surface area contributed by atoms with Crippen molar-refractivity contribution in [3.8, 4) is 22.8 Å². The van der Waals surface area contributed by atoms with Crippen molar-refractivity contribution in [2.24, 2.45) is 11.8 Å². The highest BCUT2D eigenvalue weighted by Crippen LogP contribution is 2.38. The number of amides is 1. The average Bonchev–Trinajstić information content (AvgIpc) is 3.71. The van der Waals surface area contributed by atoms with Gasteiger partial charge in [0.05, 0.1) is 21.7 Å². The van der Waals surface area contributed by atoms with Gasteiger partial charge in [0.2, 0.25) is 17.7 Å². The molecule has 1 saturated heterocycles. The molecule has 0 unspecified atom stereocenters. The van der Waals surface area contributed by atoms with Crippen LogP contribution in [-0.4, -0.2) is 66.6 Å². The van der Waals surface area contributed by atoms with Crippen LogP contribution in [0.4, 0.5) is 5.95 Å². The molecule has 5 heterocycles. The molecule has 4 aromatic rings. The number of likely N-dealkylation sites (N-methyl/N-ethyl adjacent to an activating group) is 1. The van der Waals surface area contributed by atoms with E-state index in [2.05, 4.69) is 31.5 Å². The number of rotatable bonds is 7. The molecule has 4 aromatic heterocycles. The molecule has 0 bridgehead atoms. The molecule has 1 N–H and O–H groups in total. The Morgan fingerprint density at radius 2 is 1.98 bits per heavy atom. The van der Waals surface area contributed by atoms with Gasteiger partial charge in [-0.1, -0.05) is 36.5 Å². The van der Waals surface area contributed by atoms with E-state index in [0.717, 1.165) is 61.7 Å². The van der Waals surface area contributed by atoms with Crippen LogP contribution >= 0.6 is 11.6 Å². The lowest BCUT2D eigenvalue weighted by molar-refractivity contribution is -0.130. The molecule has 1 aliphatic carbocycles. The quantitative estimate of drug-likeness (QED) is 0.332. The van der Waals surface area contributed by atoms with Crippen LogP contribution in [-0.2, 0) is 11.3 Å². The predicted molar refractivity (Wildman–Crippen MR) is 157 cm³/mol. The number of aromatic nitrogens is 6. The van der Waals surface area contributed by atoms with E-state index in [0.29, 0.717) is 34.4 Å². The second-order valence-electron chi connectivity index (χ2n) is 11.4. The second-order valence-corrected chi connectivity index (χ2v) is 11.8. The van der Waals surface area contributed by atoms with Gasteiger partial charge in [-0.2, -0.15) is 0 Å². The number of hydrogen-bond donors (Lipinski definition) is 1. The van der Waals surface area contributed by atoms with Gasteiger partial charge < -0.3 is 14.4 Å². The van der Waals surface area contributed by atoms with Crippen LogP contribution in [0.2, 0.25) is 5.02 Å². The van der Waals surface area contributed by atoms with Gasteiger partial charge in [0.25, 0.3) is 0 Å². The van der Waals surface area contributed by atoms with E-state index in [1.54, 1.807) is 17.3 Å². The number of halogens is 1. The van der Waals surface area contributed by atoms with E-state index in [9.17, 15) is 9.59 Å². The van der Waals surface area contributed by atoms with Crippen LogP contribution in [0.25, 0.3) is 33.8 Å². The van der Waals surface area contributed by atoms with Gasteiger partial charge in [-0.05, 0) is 56.6 Å². The van der Waals surface area contributed by atoms with Crippen LogP contribution in [0.1, 0.15) is 52.4 Å². The molecule has 1 saturated carbocycles. The highest BCUT2D eigenvalue weighted by Gasteiger charge is 2.36. The zero-order valence-electron chi connectivity index (χ0n) is 23.6. The van der Waals surface area contributed by atoms with Gasteiger partial charge >= 0.3 is 5.76 Å². The second kappa shape index (κ2) is 11.3. The maximum Gasteiger partial charge on any atom is 0.439 e. The Labute approximate surface area is 242 Å². The first-order chi connectivity index (χ1) is 19.8. The third-order valence-electron chi connectivity index (χ3n) is 8.59. The first-order valence-electron chi connectivity index (χ1n) is 14.4. The number of H-pyrrole nitrogens is 1. The molecule has 0 spiro atoms. The van der Waals surface area contributed by atoms with Gasteiger partial charge in [0.15, 0.2) is 0 Å². The van der Waals surface area contributed by atoms with Crippen molar-refractivity contribution in [1.29, 1.82) is 0 Å². The first kappa shape index (κ1) is 27.4. The Bertz CT molecular complexity index is 1620. The van der Waals surface area contributed by atoms with Crippen molar-refractivity contribution < 1.29 is 9.32 Å². The Kier molecular flexibility index (Phi) is 7.54. The number of hydrogen-bond acceptors (Lipinski definition) is 8. The molecule has 11 nitrogen and oxygen atoms in total. The minimum absolute atomic E-state index is 0.105. The van der Waals surface area contributed by atoms with Crippen molar-refractivity contribution in [2.45, 2.75) is 65.0 Å². The number of aromatic amines is 1. The van der Waals surface area contributed by atoms with Crippen molar-refractivity contribution in [3.63, 3.8) is 0 Å². The molecule has 1 amide bonds. The maximum absolute atomic E-state index is 13.4. The summed E-state index contributed by atoms with van der Waals surface area (Å²) in [5.74, 6) is 1.64. The van der Waals surface area contributed by atoms with Crippen LogP contribution in [0.3, 0.4) is 0 Å². The average molecular weight is 579 g/mol. The summed E-state index contributed by atoms with van der Waals surface area (Å²) in [7, 11) is 1.85. The number of fused-ring (bicyclic) bond motifs is 1. The molecule has 6 rings (SSSR count). The highest BCUT2D eigenvalue weighted by atomic mass is 35.5. The van der Waals surface area contributed by atoms with Crippen molar-refractivity contribution in [1.82, 2.24) is 34.6 Å². The summed E-state index contributed by atoms with van der Waals surface area (Å²) in [5.41, 5.74) is 3.31. The Morgan fingerprint density at radius 3 is 2.68 bits per heavy atom. The Morgan fingerprint density at radius 1 is 1.17 bits per heavy atom. The fraction of sp³-hybridized carbons (Fsp3) is 0.517. The largest absolute Gasteiger partial charge is 0.439 e. The minimum Gasteiger partial charge on any atom is -0.344 e. The topological polar surface area (TPSA) is 126 Å². The molecule has 1 aliphatic heterocycles. The van der Waals surface area contributed by atoms with Crippen LogP contribution < -0.4 is 10.7 Å². The van der Waals surface area contributed by atoms with Crippen LogP contribution in [0.15, 0.2) is 33.8 Å². The number of imidazole rings is 1. The summed E-state index contributed by atoms with van der Waals surface area (Å²) >= 11 is 6.38. The van der Waals surface area contributed by atoms with Gasteiger partial charge in [-0.15, -0.1) is 0 Å². The SMILES string of the molecule is CCN(C)C(=O)[C@@H]1CCCN1c1nc2cc(-c3noc(=O)[nH]3)nc(-c3cncc(Cl)c3)c2n1CC1CCC(C)CC1. The third kappa shape index (κ3) is 5.35. The zero-order chi connectivity index (χ0) is 28.7. The van der Waals surface area contributed by atoms with Crippen LogP contribution in [0.5, 0.6) is 0 Å². The summed E-state index contributed by atoms with van der Waals surface area (Å²) in [4.78, 5) is 46.2. The van der Waals surface area contributed by atoms with E-state index in [4.69, 9.17) is 26.1 Å².